The van der Waals surface area contributed by atoms with Crippen LogP contribution in [0.3, 0.4) is 0 Å². The topological polar surface area (TPSA) is 72.5 Å². The van der Waals surface area contributed by atoms with E-state index in [-0.39, 0.29) is 23.7 Å². The van der Waals surface area contributed by atoms with Gasteiger partial charge in [0.15, 0.2) is 0 Å². The van der Waals surface area contributed by atoms with Gasteiger partial charge in [0.25, 0.3) is 5.91 Å². The van der Waals surface area contributed by atoms with Gasteiger partial charge in [-0.25, -0.2) is 0 Å². The summed E-state index contributed by atoms with van der Waals surface area (Å²) in [5.41, 5.74) is 5.22. The Kier molecular flexibility index (Phi) is 3.62. The van der Waals surface area contributed by atoms with Crippen molar-refractivity contribution in [1.82, 2.24) is 0 Å². The maximum Gasteiger partial charge on any atom is 0.256 e. The maximum absolute atomic E-state index is 11.5. The van der Waals surface area contributed by atoms with Crippen molar-refractivity contribution in [3.63, 3.8) is 0 Å². The Hall–Kier alpha value is -2.20. The molecule has 2 rings (SSSR count). The van der Waals surface area contributed by atoms with Gasteiger partial charge < -0.3 is 15.6 Å². The SMILES string of the molecule is C=CCOc1c(C(N)=O)c(O)cc2ccc(Cl)cc12. The molecular weight excluding hydrogens is 266 g/mol. The van der Waals surface area contributed by atoms with Crippen molar-refractivity contribution < 1.29 is 14.6 Å². The molecular formula is C14H12ClNO3. The van der Waals surface area contributed by atoms with E-state index in [1.54, 1.807) is 18.2 Å². The zero-order valence-corrected chi connectivity index (χ0v) is 10.8. The molecule has 5 heteroatoms. The third-order valence-corrected chi connectivity index (χ3v) is 2.86. The first kappa shape index (κ1) is 13.2. The number of carbonyl (C=O) groups is 1. The Bertz CT molecular complexity index is 667. The Labute approximate surface area is 115 Å². The van der Waals surface area contributed by atoms with Crippen LogP contribution in [0.2, 0.25) is 5.02 Å². The van der Waals surface area contributed by atoms with Crippen molar-refractivity contribution in [3.05, 3.63) is 47.5 Å². The third kappa shape index (κ3) is 2.48. The predicted molar refractivity (Wildman–Crippen MR) is 74.8 cm³/mol. The summed E-state index contributed by atoms with van der Waals surface area (Å²) in [5.74, 6) is -0.773. The first-order valence-electron chi connectivity index (χ1n) is 5.53. The van der Waals surface area contributed by atoms with E-state index in [9.17, 15) is 9.90 Å². The lowest BCUT2D eigenvalue weighted by Crippen LogP contribution is -2.13. The molecule has 4 nitrogen and oxygen atoms in total. The molecule has 2 aromatic carbocycles. The van der Waals surface area contributed by atoms with Gasteiger partial charge in [-0.2, -0.15) is 0 Å². The van der Waals surface area contributed by atoms with Crippen molar-refractivity contribution in [2.75, 3.05) is 6.61 Å². The monoisotopic (exact) mass is 277 g/mol. The number of phenols is 1. The van der Waals surface area contributed by atoms with Crippen molar-refractivity contribution in [3.8, 4) is 11.5 Å². The number of hydrogen-bond donors (Lipinski definition) is 2. The number of ether oxygens (including phenoxy) is 1. The fourth-order valence-electron chi connectivity index (χ4n) is 1.85. The molecule has 3 N–H and O–H groups in total. The number of nitrogens with two attached hydrogens (primary N) is 1. The molecule has 0 fully saturated rings. The van der Waals surface area contributed by atoms with Gasteiger partial charge in [-0.3, -0.25) is 4.79 Å². The van der Waals surface area contributed by atoms with Gasteiger partial charge in [-0.05, 0) is 23.6 Å². The minimum Gasteiger partial charge on any atom is -0.507 e. The first-order valence-corrected chi connectivity index (χ1v) is 5.91. The molecule has 0 aliphatic carbocycles. The second kappa shape index (κ2) is 5.20. The van der Waals surface area contributed by atoms with Gasteiger partial charge in [0.05, 0.1) is 0 Å². The molecule has 2 aromatic rings. The minimum atomic E-state index is -0.765. The van der Waals surface area contributed by atoms with Gasteiger partial charge in [0, 0.05) is 10.4 Å². The molecule has 98 valence electrons. The second-order valence-electron chi connectivity index (χ2n) is 3.93. The number of hydrogen-bond acceptors (Lipinski definition) is 3. The summed E-state index contributed by atoms with van der Waals surface area (Å²) in [6.45, 7) is 3.73. The lowest BCUT2D eigenvalue weighted by molar-refractivity contribution is 0.0994. The summed E-state index contributed by atoms with van der Waals surface area (Å²) in [5, 5.41) is 11.7. The van der Waals surface area contributed by atoms with Crippen LogP contribution in [-0.4, -0.2) is 17.6 Å². The van der Waals surface area contributed by atoms with Crippen LogP contribution in [0.25, 0.3) is 10.8 Å². The number of fused-ring (bicyclic) bond motifs is 1. The van der Waals surface area contributed by atoms with Crippen LogP contribution in [0.5, 0.6) is 11.5 Å². The van der Waals surface area contributed by atoms with Crippen LogP contribution >= 0.6 is 11.6 Å². The first-order chi connectivity index (χ1) is 9.04. The number of aromatic hydroxyl groups is 1. The number of primary amides is 1. The number of benzene rings is 2. The average molecular weight is 278 g/mol. The lowest BCUT2D eigenvalue weighted by atomic mass is 10.0. The highest BCUT2D eigenvalue weighted by Crippen LogP contribution is 2.37. The van der Waals surface area contributed by atoms with Gasteiger partial charge in [-0.15, -0.1) is 0 Å². The molecule has 0 heterocycles. The van der Waals surface area contributed by atoms with Crippen LogP contribution in [0.15, 0.2) is 36.9 Å². The van der Waals surface area contributed by atoms with E-state index < -0.39 is 5.91 Å². The van der Waals surface area contributed by atoms with E-state index in [1.807, 2.05) is 0 Å². The third-order valence-electron chi connectivity index (χ3n) is 2.63. The fraction of sp³-hybridized carbons (Fsp3) is 0.0714. The highest BCUT2D eigenvalue weighted by molar-refractivity contribution is 6.31. The van der Waals surface area contributed by atoms with Crippen LogP contribution in [-0.2, 0) is 0 Å². The van der Waals surface area contributed by atoms with Gasteiger partial charge in [0.2, 0.25) is 0 Å². The fourth-order valence-corrected chi connectivity index (χ4v) is 2.02. The van der Waals surface area contributed by atoms with Crippen LogP contribution in [0.4, 0.5) is 0 Å². The quantitative estimate of drug-likeness (QED) is 0.844. The van der Waals surface area contributed by atoms with Crippen LogP contribution < -0.4 is 10.5 Å². The van der Waals surface area contributed by atoms with E-state index in [0.717, 1.165) is 0 Å². The molecule has 19 heavy (non-hydrogen) atoms. The predicted octanol–water partition coefficient (Wildman–Crippen LogP) is 2.86. The van der Waals surface area contributed by atoms with E-state index in [0.29, 0.717) is 15.8 Å². The number of carbonyl (C=O) groups excluding carboxylic acids is 1. The van der Waals surface area contributed by atoms with E-state index in [2.05, 4.69) is 6.58 Å². The molecule has 0 bridgehead atoms. The lowest BCUT2D eigenvalue weighted by Gasteiger charge is -2.13. The smallest absolute Gasteiger partial charge is 0.256 e. The molecule has 0 unspecified atom stereocenters. The summed E-state index contributed by atoms with van der Waals surface area (Å²) in [6.07, 6.45) is 1.53. The summed E-state index contributed by atoms with van der Waals surface area (Å²) in [6, 6.07) is 6.52. The maximum atomic E-state index is 11.5. The summed E-state index contributed by atoms with van der Waals surface area (Å²) < 4.78 is 5.46. The Balaban J connectivity index is 2.79. The van der Waals surface area contributed by atoms with Crippen molar-refractivity contribution in [2.24, 2.45) is 5.73 Å². The largest absolute Gasteiger partial charge is 0.507 e. The molecule has 0 aliphatic rings. The summed E-state index contributed by atoms with van der Waals surface area (Å²) in [7, 11) is 0. The molecule has 0 aliphatic heterocycles. The van der Waals surface area contributed by atoms with E-state index in [1.165, 1.54) is 12.1 Å². The molecule has 0 aromatic heterocycles. The summed E-state index contributed by atoms with van der Waals surface area (Å²) in [4.78, 5) is 11.5. The Morgan fingerprint density at radius 2 is 2.21 bits per heavy atom. The zero-order valence-electron chi connectivity index (χ0n) is 10.0. The van der Waals surface area contributed by atoms with E-state index in [4.69, 9.17) is 22.1 Å². The standard InChI is InChI=1S/C14H12ClNO3/c1-2-5-19-13-10-7-9(15)4-3-8(10)6-11(17)12(13)14(16)18/h2-4,6-7,17H,1,5H2,(H2,16,18). The van der Waals surface area contributed by atoms with Crippen molar-refractivity contribution in [1.29, 1.82) is 0 Å². The van der Waals surface area contributed by atoms with E-state index >= 15 is 0 Å². The Morgan fingerprint density at radius 1 is 1.47 bits per heavy atom. The van der Waals surface area contributed by atoms with Crippen molar-refractivity contribution in [2.45, 2.75) is 0 Å². The number of rotatable bonds is 4. The average Bonchev–Trinajstić information content (AvgIpc) is 2.35. The summed E-state index contributed by atoms with van der Waals surface area (Å²) >= 11 is 5.94. The van der Waals surface area contributed by atoms with Gasteiger partial charge in [-0.1, -0.05) is 30.3 Å². The van der Waals surface area contributed by atoms with Crippen LogP contribution in [0.1, 0.15) is 10.4 Å². The number of halogens is 1. The minimum absolute atomic E-state index is 0.0587. The Morgan fingerprint density at radius 3 is 2.84 bits per heavy atom. The molecule has 1 amide bonds. The van der Waals surface area contributed by atoms with Crippen LogP contribution in [0, 0.1) is 0 Å². The molecule has 0 radical (unpaired) electrons. The molecule has 0 spiro atoms. The van der Waals surface area contributed by atoms with Gasteiger partial charge in [0.1, 0.15) is 23.7 Å². The molecule has 0 saturated carbocycles. The number of amides is 1. The highest BCUT2D eigenvalue weighted by Gasteiger charge is 2.19. The second-order valence-corrected chi connectivity index (χ2v) is 4.37. The molecule has 0 saturated heterocycles. The normalized spacial score (nSPS) is 10.4. The molecule has 0 atom stereocenters. The highest BCUT2D eigenvalue weighted by atomic mass is 35.5. The van der Waals surface area contributed by atoms with Crippen molar-refractivity contribution >= 4 is 28.3 Å². The zero-order chi connectivity index (χ0) is 14.0. The van der Waals surface area contributed by atoms with Gasteiger partial charge >= 0.3 is 0 Å².